The number of benzene rings is 1. The van der Waals surface area contributed by atoms with Gasteiger partial charge in [0.2, 0.25) is 0 Å². The van der Waals surface area contributed by atoms with E-state index in [0.717, 1.165) is 31.2 Å². The number of rotatable bonds is 7. The van der Waals surface area contributed by atoms with Gasteiger partial charge in [0.25, 0.3) is 0 Å². The standard InChI is InChI=1S/C19H31N3O2S.HI/c1-3-20-19(22-13-7-9-17(2)15-22)21-12-8-14-25(23,24)16-18-10-5-4-6-11-18;/h4-6,10-11,17H,3,7-9,12-16H2,1-2H3,(H,20,21);1H. The zero-order valence-electron chi connectivity index (χ0n) is 15.9. The van der Waals surface area contributed by atoms with Gasteiger partial charge < -0.3 is 10.2 Å². The Morgan fingerprint density at radius 2 is 2.04 bits per heavy atom. The van der Waals surface area contributed by atoms with E-state index in [2.05, 4.69) is 29.1 Å². The molecular formula is C19H32IN3O2S. The number of piperidine rings is 1. The second-order valence-corrected chi connectivity index (χ2v) is 9.04. The molecule has 1 N–H and O–H groups in total. The van der Waals surface area contributed by atoms with Gasteiger partial charge in [0.1, 0.15) is 0 Å². The summed E-state index contributed by atoms with van der Waals surface area (Å²) >= 11 is 0. The van der Waals surface area contributed by atoms with Crippen LogP contribution in [0.1, 0.15) is 38.7 Å². The van der Waals surface area contributed by atoms with Gasteiger partial charge in [0.15, 0.2) is 15.8 Å². The average molecular weight is 493 g/mol. The zero-order valence-corrected chi connectivity index (χ0v) is 19.0. The molecule has 1 saturated heterocycles. The molecule has 1 aliphatic heterocycles. The summed E-state index contributed by atoms with van der Waals surface area (Å²) in [7, 11) is -3.08. The second-order valence-electron chi connectivity index (χ2n) is 6.86. The molecule has 0 saturated carbocycles. The molecule has 1 atom stereocenters. The Kier molecular flexibility index (Phi) is 10.5. The first kappa shape index (κ1) is 23.2. The maximum Gasteiger partial charge on any atom is 0.193 e. The van der Waals surface area contributed by atoms with Crippen LogP contribution in [0.15, 0.2) is 35.3 Å². The van der Waals surface area contributed by atoms with Gasteiger partial charge in [0.05, 0.1) is 11.5 Å². The zero-order chi connectivity index (χ0) is 18.1. The van der Waals surface area contributed by atoms with E-state index in [4.69, 9.17) is 0 Å². The number of guanidine groups is 1. The van der Waals surface area contributed by atoms with Crippen molar-refractivity contribution in [3.63, 3.8) is 0 Å². The quantitative estimate of drug-likeness (QED) is 0.274. The minimum Gasteiger partial charge on any atom is -0.357 e. The number of nitrogens with zero attached hydrogens (tertiary/aromatic N) is 2. The fourth-order valence-corrected chi connectivity index (χ4v) is 4.59. The van der Waals surface area contributed by atoms with Gasteiger partial charge in [-0.1, -0.05) is 37.3 Å². The average Bonchev–Trinajstić information content (AvgIpc) is 2.58. The van der Waals surface area contributed by atoms with Crippen molar-refractivity contribution in [2.75, 3.05) is 31.9 Å². The van der Waals surface area contributed by atoms with Crippen LogP contribution in [0.25, 0.3) is 0 Å². The highest BCUT2D eigenvalue weighted by atomic mass is 127. The maximum atomic E-state index is 12.2. The number of nitrogens with one attached hydrogen (secondary N) is 1. The van der Waals surface area contributed by atoms with Crippen LogP contribution in [0.5, 0.6) is 0 Å². The van der Waals surface area contributed by atoms with Crippen LogP contribution in [0.3, 0.4) is 0 Å². The van der Waals surface area contributed by atoms with E-state index in [9.17, 15) is 8.42 Å². The monoisotopic (exact) mass is 493 g/mol. The van der Waals surface area contributed by atoms with Crippen molar-refractivity contribution in [2.45, 2.75) is 38.9 Å². The summed E-state index contributed by atoms with van der Waals surface area (Å²) in [5.41, 5.74) is 0.849. The number of hydrogen-bond donors (Lipinski definition) is 1. The van der Waals surface area contributed by atoms with Crippen molar-refractivity contribution in [1.82, 2.24) is 10.2 Å². The summed E-state index contributed by atoms with van der Waals surface area (Å²) in [4.78, 5) is 6.95. The minimum atomic E-state index is -3.08. The highest BCUT2D eigenvalue weighted by Gasteiger charge is 2.19. The Morgan fingerprint density at radius 3 is 2.69 bits per heavy atom. The number of hydrogen-bond acceptors (Lipinski definition) is 3. The molecule has 5 nitrogen and oxygen atoms in total. The molecule has 1 aromatic carbocycles. The number of aliphatic imine (C=N–C) groups is 1. The van der Waals surface area contributed by atoms with Gasteiger partial charge >= 0.3 is 0 Å². The predicted octanol–water partition coefficient (Wildman–Crippen LogP) is 3.31. The van der Waals surface area contributed by atoms with Crippen molar-refractivity contribution in [1.29, 1.82) is 0 Å². The number of likely N-dealkylation sites (tertiary alicyclic amines) is 1. The fourth-order valence-electron chi connectivity index (χ4n) is 3.18. The van der Waals surface area contributed by atoms with E-state index in [0.29, 0.717) is 18.9 Å². The summed E-state index contributed by atoms with van der Waals surface area (Å²) in [6, 6.07) is 9.36. The summed E-state index contributed by atoms with van der Waals surface area (Å²) in [6.07, 6.45) is 3.03. The van der Waals surface area contributed by atoms with E-state index in [-0.39, 0.29) is 35.5 Å². The van der Waals surface area contributed by atoms with Crippen molar-refractivity contribution < 1.29 is 8.42 Å². The van der Waals surface area contributed by atoms with Crippen LogP contribution < -0.4 is 5.32 Å². The van der Waals surface area contributed by atoms with Crippen LogP contribution in [-0.4, -0.2) is 51.2 Å². The molecule has 1 unspecified atom stereocenters. The summed E-state index contributed by atoms with van der Waals surface area (Å²) in [5, 5.41) is 3.34. The van der Waals surface area contributed by atoms with Crippen molar-refractivity contribution >= 4 is 39.8 Å². The van der Waals surface area contributed by atoms with E-state index in [1.165, 1.54) is 12.8 Å². The molecule has 0 aromatic heterocycles. The van der Waals surface area contributed by atoms with Gasteiger partial charge in [-0.2, -0.15) is 0 Å². The fraction of sp³-hybridized carbons (Fsp3) is 0.632. The molecule has 0 aliphatic carbocycles. The van der Waals surface area contributed by atoms with E-state index < -0.39 is 9.84 Å². The molecule has 1 aromatic rings. The normalized spacial score (nSPS) is 18.3. The summed E-state index contributed by atoms with van der Waals surface area (Å²) < 4.78 is 24.5. The Balaban J connectivity index is 0.00000338. The molecule has 0 spiro atoms. The van der Waals surface area contributed by atoms with E-state index in [1.54, 1.807) is 0 Å². The largest absolute Gasteiger partial charge is 0.357 e. The molecule has 26 heavy (non-hydrogen) atoms. The topological polar surface area (TPSA) is 61.8 Å². The molecule has 1 aliphatic rings. The third-order valence-electron chi connectivity index (χ3n) is 4.40. The van der Waals surface area contributed by atoms with Crippen LogP contribution in [0.2, 0.25) is 0 Å². The predicted molar refractivity (Wildman–Crippen MR) is 120 cm³/mol. The van der Waals surface area contributed by atoms with Gasteiger partial charge in [-0.3, -0.25) is 4.99 Å². The lowest BCUT2D eigenvalue weighted by molar-refractivity contribution is 0.266. The lowest BCUT2D eigenvalue weighted by Gasteiger charge is -2.33. The Bertz CT molecular complexity index is 650. The van der Waals surface area contributed by atoms with Crippen molar-refractivity contribution in [3.8, 4) is 0 Å². The van der Waals surface area contributed by atoms with Crippen LogP contribution >= 0.6 is 24.0 Å². The molecule has 148 valence electrons. The Labute approximate surface area is 175 Å². The molecule has 1 heterocycles. The van der Waals surface area contributed by atoms with Crippen molar-refractivity contribution in [2.24, 2.45) is 10.9 Å². The summed E-state index contributed by atoms with van der Waals surface area (Å²) in [5.74, 6) is 1.90. The second kappa shape index (κ2) is 11.8. The molecule has 0 bridgehead atoms. The first-order valence-electron chi connectivity index (χ1n) is 9.28. The summed E-state index contributed by atoms with van der Waals surface area (Å²) in [6.45, 7) is 7.76. The minimum absolute atomic E-state index is 0. The lowest BCUT2D eigenvalue weighted by atomic mass is 10.0. The van der Waals surface area contributed by atoms with Gasteiger partial charge in [-0.15, -0.1) is 24.0 Å². The SMILES string of the molecule is CCNC(=NCCCS(=O)(=O)Cc1ccccc1)N1CCCC(C)C1.I. The Morgan fingerprint density at radius 1 is 1.31 bits per heavy atom. The molecule has 1 fully saturated rings. The smallest absolute Gasteiger partial charge is 0.193 e. The maximum absolute atomic E-state index is 12.2. The van der Waals surface area contributed by atoms with Crippen LogP contribution in [0.4, 0.5) is 0 Å². The van der Waals surface area contributed by atoms with Gasteiger partial charge in [-0.25, -0.2) is 8.42 Å². The van der Waals surface area contributed by atoms with Crippen molar-refractivity contribution in [3.05, 3.63) is 35.9 Å². The van der Waals surface area contributed by atoms with Gasteiger partial charge in [0, 0.05) is 26.2 Å². The third-order valence-corrected chi connectivity index (χ3v) is 6.08. The molecule has 0 amide bonds. The molecular weight excluding hydrogens is 461 g/mol. The van der Waals surface area contributed by atoms with Crippen LogP contribution in [0, 0.1) is 5.92 Å². The van der Waals surface area contributed by atoms with Crippen LogP contribution in [-0.2, 0) is 15.6 Å². The van der Waals surface area contributed by atoms with Gasteiger partial charge in [-0.05, 0) is 37.7 Å². The highest BCUT2D eigenvalue weighted by Crippen LogP contribution is 2.15. The van der Waals surface area contributed by atoms with E-state index >= 15 is 0 Å². The molecule has 2 rings (SSSR count). The third kappa shape index (κ3) is 8.24. The van der Waals surface area contributed by atoms with E-state index in [1.807, 2.05) is 30.3 Å². The number of halogens is 1. The highest BCUT2D eigenvalue weighted by molar-refractivity contribution is 14.0. The Hall–Kier alpha value is -0.830. The lowest BCUT2D eigenvalue weighted by Crippen LogP contribution is -2.46. The molecule has 0 radical (unpaired) electrons. The number of sulfone groups is 1. The first-order chi connectivity index (χ1) is 12.0. The molecule has 7 heteroatoms. The first-order valence-corrected chi connectivity index (χ1v) is 11.1.